The summed E-state index contributed by atoms with van der Waals surface area (Å²) in [5, 5.41) is 0.778. The van der Waals surface area contributed by atoms with Crippen LogP contribution in [0.3, 0.4) is 0 Å². The Hall–Kier alpha value is -0.770. The van der Waals surface area contributed by atoms with Gasteiger partial charge in [-0.3, -0.25) is 0 Å². The maximum atomic E-state index is 6.09. The number of nitrogens with zero attached hydrogens (tertiary/aromatic N) is 1. The number of hydrogen-bond donors (Lipinski definition) is 1. The number of anilines is 1. The van der Waals surface area contributed by atoms with Gasteiger partial charge < -0.3 is 15.4 Å². The number of benzene rings is 1. The van der Waals surface area contributed by atoms with Crippen molar-refractivity contribution in [3.05, 3.63) is 28.8 Å². The van der Waals surface area contributed by atoms with Gasteiger partial charge in [0.15, 0.2) is 0 Å². The predicted molar refractivity (Wildman–Crippen MR) is 76.5 cm³/mol. The molecule has 1 unspecified atom stereocenters. The van der Waals surface area contributed by atoms with Gasteiger partial charge in [0.1, 0.15) is 0 Å². The van der Waals surface area contributed by atoms with Crippen molar-refractivity contribution in [3.8, 4) is 0 Å². The monoisotopic (exact) mass is 268 g/mol. The van der Waals surface area contributed by atoms with Crippen LogP contribution in [0.5, 0.6) is 0 Å². The van der Waals surface area contributed by atoms with Crippen LogP contribution in [0.15, 0.2) is 18.2 Å². The quantitative estimate of drug-likeness (QED) is 0.915. The molecule has 0 aliphatic carbocycles. The third-order valence-corrected chi connectivity index (χ3v) is 3.38. The lowest BCUT2D eigenvalue weighted by Crippen LogP contribution is -2.28. The summed E-state index contributed by atoms with van der Waals surface area (Å²) in [5.74, 6) is 0. The largest absolute Gasteiger partial charge is 0.380 e. The van der Waals surface area contributed by atoms with Crippen LogP contribution >= 0.6 is 11.6 Å². The van der Waals surface area contributed by atoms with Crippen LogP contribution in [-0.2, 0) is 11.2 Å². The van der Waals surface area contributed by atoms with Crippen molar-refractivity contribution in [2.75, 3.05) is 31.2 Å². The summed E-state index contributed by atoms with van der Waals surface area (Å²) in [6, 6.07) is 6.23. The molecule has 0 amide bonds. The van der Waals surface area contributed by atoms with Gasteiger partial charge >= 0.3 is 0 Å². The lowest BCUT2D eigenvalue weighted by molar-refractivity contribution is 0.152. The number of nitrogens with two attached hydrogens (primary N) is 1. The highest BCUT2D eigenvalue weighted by Crippen LogP contribution is 2.26. The van der Waals surface area contributed by atoms with Crippen LogP contribution in [0, 0.1) is 0 Å². The molecule has 0 radical (unpaired) electrons. The Bertz CT molecular complexity index is 387. The van der Waals surface area contributed by atoms with Crippen LogP contribution in [0.1, 0.15) is 18.9 Å². The Balaban J connectivity index is 2.23. The number of ether oxygens (including phenoxy) is 1. The fraction of sp³-hybridized carbons (Fsp3) is 0.571. The van der Waals surface area contributed by atoms with Crippen LogP contribution in [-0.4, -0.2) is 32.3 Å². The van der Waals surface area contributed by atoms with E-state index < -0.39 is 0 Å². The van der Waals surface area contributed by atoms with E-state index in [-0.39, 0.29) is 6.04 Å². The maximum Gasteiger partial charge on any atom is 0.0641 e. The fourth-order valence-corrected chi connectivity index (χ4v) is 2.55. The van der Waals surface area contributed by atoms with Gasteiger partial charge in [0.2, 0.25) is 0 Å². The summed E-state index contributed by atoms with van der Waals surface area (Å²) in [7, 11) is 0. The van der Waals surface area contributed by atoms with E-state index in [9.17, 15) is 0 Å². The molecule has 0 spiro atoms. The molecule has 2 N–H and O–H groups in total. The van der Waals surface area contributed by atoms with E-state index in [4.69, 9.17) is 22.1 Å². The first kappa shape index (κ1) is 13.7. The summed E-state index contributed by atoms with van der Waals surface area (Å²) >= 11 is 6.09. The molecule has 0 saturated carbocycles. The Morgan fingerprint density at radius 1 is 1.39 bits per heavy atom. The average molecular weight is 269 g/mol. The molecule has 1 fully saturated rings. The number of halogens is 1. The molecule has 1 aromatic carbocycles. The highest BCUT2D eigenvalue weighted by Gasteiger charge is 2.14. The van der Waals surface area contributed by atoms with Crippen LogP contribution in [0.25, 0.3) is 0 Å². The third-order valence-electron chi connectivity index (χ3n) is 3.15. The van der Waals surface area contributed by atoms with Crippen molar-refractivity contribution in [1.82, 2.24) is 0 Å². The van der Waals surface area contributed by atoms with Crippen molar-refractivity contribution in [1.29, 1.82) is 0 Å². The summed E-state index contributed by atoms with van der Waals surface area (Å²) < 4.78 is 5.50. The normalized spacial score (nSPS) is 18.5. The average Bonchev–Trinajstić information content (AvgIpc) is 2.57. The summed E-state index contributed by atoms with van der Waals surface area (Å²) in [5.41, 5.74) is 8.41. The zero-order chi connectivity index (χ0) is 13.0. The van der Waals surface area contributed by atoms with E-state index >= 15 is 0 Å². The molecule has 1 aliphatic heterocycles. The molecule has 1 aromatic rings. The first-order valence-electron chi connectivity index (χ1n) is 6.53. The minimum absolute atomic E-state index is 0.144. The van der Waals surface area contributed by atoms with Crippen molar-refractivity contribution in [2.45, 2.75) is 25.8 Å². The van der Waals surface area contributed by atoms with Gasteiger partial charge in [-0.05, 0) is 43.5 Å². The standard InChI is InChI=1S/C14H21ClN2O/c1-11(16)9-12-10-13(15)3-4-14(12)17-5-2-7-18-8-6-17/h3-4,10-11H,2,5-9,16H2,1H3. The second kappa shape index (κ2) is 6.41. The van der Waals surface area contributed by atoms with Crippen molar-refractivity contribution >= 4 is 17.3 Å². The van der Waals surface area contributed by atoms with Crippen molar-refractivity contribution in [2.24, 2.45) is 5.73 Å². The lowest BCUT2D eigenvalue weighted by Gasteiger charge is -2.25. The van der Waals surface area contributed by atoms with Gasteiger partial charge in [-0.1, -0.05) is 11.6 Å². The second-order valence-corrected chi connectivity index (χ2v) is 5.34. The summed E-state index contributed by atoms with van der Waals surface area (Å²) in [6.07, 6.45) is 1.92. The van der Waals surface area contributed by atoms with Gasteiger partial charge in [-0.2, -0.15) is 0 Å². The SMILES string of the molecule is CC(N)Cc1cc(Cl)ccc1N1CCCOCC1. The van der Waals surface area contributed by atoms with Gasteiger partial charge in [0, 0.05) is 36.4 Å². The van der Waals surface area contributed by atoms with E-state index in [0.29, 0.717) is 0 Å². The first-order chi connectivity index (χ1) is 8.66. The summed E-state index contributed by atoms with van der Waals surface area (Å²) in [6.45, 7) is 5.64. The Morgan fingerprint density at radius 3 is 3.00 bits per heavy atom. The molecule has 2 rings (SSSR count). The van der Waals surface area contributed by atoms with Crippen molar-refractivity contribution in [3.63, 3.8) is 0 Å². The molecule has 100 valence electrons. The molecule has 1 saturated heterocycles. The van der Waals surface area contributed by atoms with Gasteiger partial charge in [0.25, 0.3) is 0 Å². The minimum Gasteiger partial charge on any atom is -0.380 e. The molecular weight excluding hydrogens is 248 g/mol. The molecule has 0 aromatic heterocycles. The van der Waals surface area contributed by atoms with Gasteiger partial charge in [-0.25, -0.2) is 0 Å². The van der Waals surface area contributed by atoms with E-state index in [2.05, 4.69) is 11.0 Å². The minimum atomic E-state index is 0.144. The summed E-state index contributed by atoms with van der Waals surface area (Å²) in [4.78, 5) is 2.38. The van der Waals surface area contributed by atoms with Crippen LogP contribution < -0.4 is 10.6 Å². The number of rotatable bonds is 3. The molecule has 1 atom stereocenters. The van der Waals surface area contributed by atoms with Gasteiger partial charge in [0.05, 0.1) is 6.61 Å². The van der Waals surface area contributed by atoms with Gasteiger partial charge in [-0.15, -0.1) is 0 Å². The van der Waals surface area contributed by atoms with E-state index in [1.165, 1.54) is 11.3 Å². The Morgan fingerprint density at radius 2 is 2.22 bits per heavy atom. The molecule has 1 aliphatic rings. The highest BCUT2D eigenvalue weighted by atomic mass is 35.5. The first-order valence-corrected chi connectivity index (χ1v) is 6.91. The Kier molecular flexibility index (Phi) is 4.87. The zero-order valence-corrected chi connectivity index (χ0v) is 11.6. The van der Waals surface area contributed by atoms with Crippen molar-refractivity contribution < 1.29 is 4.74 Å². The predicted octanol–water partition coefficient (Wildman–Crippen LogP) is 2.46. The van der Waals surface area contributed by atoms with Crippen LogP contribution in [0.4, 0.5) is 5.69 Å². The molecular formula is C14H21ClN2O. The maximum absolute atomic E-state index is 6.09. The number of hydrogen-bond acceptors (Lipinski definition) is 3. The third kappa shape index (κ3) is 3.61. The molecule has 4 heteroatoms. The zero-order valence-electron chi connectivity index (χ0n) is 10.9. The van der Waals surface area contributed by atoms with E-state index in [0.717, 1.165) is 44.2 Å². The molecule has 18 heavy (non-hydrogen) atoms. The second-order valence-electron chi connectivity index (χ2n) is 4.91. The Labute approximate surface area is 114 Å². The fourth-order valence-electron chi connectivity index (χ4n) is 2.36. The van der Waals surface area contributed by atoms with Crippen LogP contribution in [0.2, 0.25) is 5.02 Å². The molecule has 3 nitrogen and oxygen atoms in total. The molecule has 1 heterocycles. The van der Waals surface area contributed by atoms with E-state index in [1.54, 1.807) is 0 Å². The topological polar surface area (TPSA) is 38.5 Å². The smallest absolute Gasteiger partial charge is 0.0641 e. The highest BCUT2D eigenvalue weighted by molar-refractivity contribution is 6.30. The molecule has 0 bridgehead atoms. The van der Waals surface area contributed by atoms with E-state index in [1.807, 2.05) is 19.1 Å². The lowest BCUT2D eigenvalue weighted by atomic mass is 10.0.